The molecule has 1 atom stereocenters. The van der Waals surface area contributed by atoms with E-state index in [1.54, 1.807) is 45.9 Å². The van der Waals surface area contributed by atoms with Gasteiger partial charge in [-0.1, -0.05) is 53.3 Å². The van der Waals surface area contributed by atoms with Crippen molar-refractivity contribution < 1.29 is 33.3 Å². The zero-order chi connectivity index (χ0) is 29.3. The van der Waals surface area contributed by atoms with Crippen molar-refractivity contribution in [1.29, 1.82) is 0 Å². The van der Waals surface area contributed by atoms with Crippen LogP contribution in [0.3, 0.4) is 0 Å². The number of hydrogen-bond acceptors (Lipinski definition) is 10. The Hall–Kier alpha value is -1.98. The van der Waals surface area contributed by atoms with E-state index in [2.05, 4.69) is 22.5 Å². The third kappa shape index (κ3) is 20.0. The van der Waals surface area contributed by atoms with Crippen molar-refractivity contribution in [3.05, 3.63) is 29.8 Å². The lowest BCUT2D eigenvalue weighted by atomic mass is 10.2. The van der Waals surface area contributed by atoms with Crippen molar-refractivity contribution in [2.75, 3.05) is 78.7 Å². The van der Waals surface area contributed by atoms with E-state index in [4.69, 9.17) is 29.4 Å². The highest BCUT2D eigenvalue weighted by Gasteiger charge is 2.12. The maximum atomic E-state index is 12.1. The van der Waals surface area contributed by atoms with Gasteiger partial charge in [-0.25, -0.2) is 0 Å². The lowest BCUT2D eigenvalue weighted by molar-refractivity contribution is -0.121. The summed E-state index contributed by atoms with van der Waals surface area (Å²) in [6, 6.07) is 7.01. The van der Waals surface area contributed by atoms with Crippen LogP contribution in [-0.2, 0) is 23.7 Å². The molecule has 0 saturated heterocycles. The molecule has 2 amide bonds. The molecule has 1 aromatic rings. The van der Waals surface area contributed by atoms with E-state index >= 15 is 0 Å². The molecule has 0 radical (unpaired) electrons. The summed E-state index contributed by atoms with van der Waals surface area (Å²) < 4.78 is 28.2. The van der Waals surface area contributed by atoms with Crippen LogP contribution < -0.4 is 21.1 Å². The summed E-state index contributed by atoms with van der Waals surface area (Å²) in [5.41, 5.74) is 5.76. The molecule has 0 aliphatic carbocycles. The normalized spacial score (nSPS) is 11.5. The maximum absolute atomic E-state index is 12.1. The monoisotopic (exact) mass is 599 g/mol. The first-order valence-electron chi connectivity index (χ1n) is 13.5. The van der Waals surface area contributed by atoms with Gasteiger partial charge in [-0.3, -0.25) is 9.59 Å². The molecular formula is C28H45N3O7S2. The Bertz CT molecular complexity index is 881. The third-order valence-corrected chi connectivity index (χ3v) is 6.75. The summed E-state index contributed by atoms with van der Waals surface area (Å²) in [4.78, 5) is 23.9. The lowest BCUT2D eigenvalue weighted by Crippen LogP contribution is -2.29. The van der Waals surface area contributed by atoms with Crippen molar-refractivity contribution in [2.45, 2.75) is 32.1 Å². The fourth-order valence-electron chi connectivity index (χ4n) is 3.01. The van der Waals surface area contributed by atoms with Crippen LogP contribution in [0, 0.1) is 17.8 Å². The summed E-state index contributed by atoms with van der Waals surface area (Å²) >= 11 is 0. The number of carbonyl (C=O) groups is 2. The van der Waals surface area contributed by atoms with Crippen LogP contribution in [0.25, 0.3) is 0 Å². The van der Waals surface area contributed by atoms with Crippen molar-refractivity contribution in [3.63, 3.8) is 0 Å². The van der Waals surface area contributed by atoms with E-state index in [0.717, 1.165) is 0 Å². The third-order valence-electron chi connectivity index (χ3n) is 4.85. The predicted octanol–water partition coefficient (Wildman–Crippen LogP) is 2.71. The van der Waals surface area contributed by atoms with Crippen LogP contribution in [0.15, 0.2) is 24.3 Å². The fourth-order valence-corrected chi connectivity index (χ4v) is 4.47. The predicted molar refractivity (Wildman–Crippen MR) is 161 cm³/mol. The van der Waals surface area contributed by atoms with Gasteiger partial charge >= 0.3 is 0 Å². The number of ether oxygens (including phenoxy) is 5. The second-order valence-corrected chi connectivity index (χ2v) is 11.3. The molecule has 40 heavy (non-hydrogen) atoms. The average molecular weight is 600 g/mol. The van der Waals surface area contributed by atoms with Crippen molar-refractivity contribution in [3.8, 4) is 17.6 Å². The number of nitrogens with one attached hydrogen (secondary N) is 2. The van der Waals surface area contributed by atoms with E-state index in [1.807, 2.05) is 20.1 Å². The maximum Gasteiger partial charge on any atom is 0.251 e. The van der Waals surface area contributed by atoms with Crippen LogP contribution in [0.5, 0.6) is 5.75 Å². The Kier molecular flexibility index (Phi) is 22.3. The van der Waals surface area contributed by atoms with Crippen LogP contribution in [0.1, 0.15) is 37.0 Å². The molecule has 4 N–H and O–H groups in total. The van der Waals surface area contributed by atoms with E-state index in [1.165, 1.54) is 0 Å². The van der Waals surface area contributed by atoms with E-state index in [0.29, 0.717) is 103 Å². The van der Waals surface area contributed by atoms with Gasteiger partial charge in [-0.2, -0.15) is 0 Å². The second-order valence-electron chi connectivity index (χ2n) is 8.65. The van der Waals surface area contributed by atoms with Gasteiger partial charge in [-0.15, -0.1) is 0 Å². The number of amides is 2. The highest BCUT2D eigenvalue weighted by molar-refractivity contribution is 8.76. The molecule has 0 unspecified atom stereocenters. The number of carbonyl (C=O) groups excluding carboxylic acids is 2. The van der Waals surface area contributed by atoms with Crippen LogP contribution in [-0.4, -0.2) is 96.0 Å². The average Bonchev–Trinajstić information content (AvgIpc) is 2.94. The molecular weight excluding hydrogens is 554 g/mol. The summed E-state index contributed by atoms with van der Waals surface area (Å²) in [5, 5.41) is 5.56. The highest BCUT2D eigenvalue weighted by Crippen LogP contribution is 2.25. The number of rotatable bonds is 23. The lowest BCUT2D eigenvalue weighted by Gasteiger charge is -2.17. The molecule has 12 heteroatoms. The standard InChI is InChI=1S/C28H45N3O7S2/c1-23(2)7-5-14-34-16-13-30-26(32)10-6-15-35-17-18-36-19-20-37-27(40-39-3)22-38-25-9-4-8-24(21-25)28(33)31-12-11-29/h4,8-9,21,23,27H,6,10-20,22,29H2,1-3H3,(H,30,32)(H,31,33)/t27-/m1/s1. The second kappa shape index (κ2) is 24.8. The zero-order valence-electron chi connectivity index (χ0n) is 23.9. The minimum atomic E-state index is -0.194. The zero-order valence-corrected chi connectivity index (χ0v) is 25.5. The largest absolute Gasteiger partial charge is 0.490 e. The van der Waals surface area contributed by atoms with Crippen LogP contribution in [0.4, 0.5) is 0 Å². The van der Waals surface area contributed by atoms with E-state index < -0.39 is 0 Å². The van der Waals surface area contributed by atoms with Crippen LogP contribution >= 0.6 is 21.6 Å². The molecule has 10 nitrogen and oxygen atoms in total. The Balaban J connectivity index is 2.06. The molecule has 0 spiro atoms. The van der Waals surface area contributed by atoms with Crippen molar-refractivity contribution >= 4 is 33.4 Å². The Labute approximate surface area is 246 Å². The first-order valence-corrected chi connectivity index (χ1v) is 16.1. The molecule has 0 bridgehead atoms. The first-order chi connectivity index (χ1) is 19.5. The van der Waals surface area contributed by atoms with Crippen LogP contribution in [0.2, 0.25) is 0 Å². The first kappa shape index (κ1) is 36.0. The van der Waals surface area contributed by atoms with Gasteiger partial charge < -0.3 is 40.1 Å². The summed E-state index contributed by atoms with van der Waals surface area (Å²) in [5.74, 6) is 6.68. The van der Waals surface area contributed by atoms with Gasteiger partial charge in [-0.05, 0) is 30.9 Å². The smallest absolute Gasteiger partial charge is 0.251 e. The summed E-state index contributed by atoms with van der Waals surface area (Å²) in [6.45, 7) is 8.73. The molecule has 226 valence electrons. The highest BCUT2D eigenvalue weighted by atomic mass is 33.1. The summed E-state index contributed by atoms with van der Waals surface area (Å²) in [6.07, 6.45) is 3.02. The molecule has 1 rings (SSSR count). The molecule has 0 aliphatic rings. The molecule has 0 aliphatic heterocycles. The number of hydrogen-bond donors (Lipinski definition) is 3. The van der Waals surface area contributed by atoms with Gasteiger partial charge in [0.1, 0.15) is 24.4 Å². The van der Waals surface area contributed by atoms with E-state index in [9.17, 15) is 9.59 Å². The Morgan fingerprint density at radius 3 is 2.52 bits per heavy atom. The van der Waals surface area contributed by atoms with Gasteiger partial charge in [0.15, 0.2) is 0 Å². The van der Waals surface area contributed by atoms with E-state index in [-0.39, 0.29) is 17.3 Å². The Morgan fingerprint density at radius 1 is 1.00 bits per heavy atom. The van der Waals surface area contributed by atoms with Gasteiger partial charge in [0, 0.05) is 44.1 Å². The molecule has 0 aromatic heterocycles. The van der Waals surface area contributed by atoms with Crippen molar-refractivity contribution in [2.24, 2.45) is 11.7 Å². The molecule has 0 fully saturated rings. The fraction of sp³-hybridized carbons (Fsp3) is 0.643. The van der Waals surface area contributed by atoms with Gasteiger partial charge in [0.2, 0.25) is 5.91 Å². The molecule has 1 aromatic carbocycles. The SMILES string of the molecule is CSS[C@H](COc1cccc(C(=O)NCCN)c1)OCCOCCOCCCC(=O)NCCOCC#CC(C)C. The minimum Gasteiger partial charge on any atom is -0.490 e. The Morgan fingerprint density at radius 2 is 1.77 bits per heavy atom. The minimum absolute atomic E-state index is 0.0174. The van der Waals surface area contributed by atoms with Gasteiger partial charge in [0.25, 0.3) is 5.91 Å². The van der Waals surface area contributed by atoms with Gasteiger partial charge in [0.05, 0.1) is 33.0 Å². The molecule has 0 saturated carbocycles. The number of nitrogens with two attached hydrogens (primary N) is 1. The van der Waals surface area contributed by atoms with Crippen molar-refractivity contribution in [1.82, 2.24) is 10.6 Å². The topological polar surface area (TPSA) is 130 Å². The quantitative estimate of drug-likeness (QED) is 0.0747. The number of benzene rings is 1. The summed E-state index contributed by atoms with van der Waals surface area (Å²) in [7, 11) is 3.15. The molecule has 0 heterocycles.